The van der Waals surface area contributed by atoms with Crippen molar-refractivity contribution in [2.45, 2.75) is 39.4 Å². The number of ether oxygens (including phenoxy) is 1. The van der Waals surface area contributed by atoms with Crippen molar-refractivity contribution < 1.29 is 19.0 Å². The zero-order chi connectivity index (χ0) is 19.6. The van der Waals surface area contributed by atoms with E-state index in [1.165, 1.54) is 10.7 Å². The molecule has 0 radical (unpaired) electrons. The third kappa shape index (κ3) is 3.91. The smallest absolute Gasteiger partial charge is 0.343 e. The fourth-order valence-corrected chi connectivity index (χ4v) is 2.86. The third-order valence-electron chi connectivity index (χ3n) is 4.24. The fourth-order valence-electron chi connectivity index (χ4n) is 2.86. The van der Waals surface area contributed by atoms with Crippen LogP contribution >= 0.6 is 0 Å². The Bertz CT molecular complexity index is 906. The Kier molecular flexibility index (Phi) is 5.38. The second-order valence-electron chi connectivity index (χ2n) is 6.48. The van der Waals surface area contributed by atoms with Gasteiger partial charge in [-0.15, -0.1) is 0 Å². The van der Waals surface area contributed by atoms with E-state index in [2.05, 4.69) is 15.1 Å². The summed E-state index contributed by atoms with van der Waals surface area (Å²) in [4.78, 5) is 22.3. The molecule has 8 nitrogen and oxygen atoms in total. The van der Waals surface area contributed by atoms with Gasteiger partial charge in [-0.25, -0.2) is 23.7 Å². The van der Waals surface area contributed by atoms with Gasteiger partial charge in [-0.05, 0) is 26.8 Å². The minimum Gasteiger partial charge on any atom is -0.493 e. The lowest BCUT2D eigenvalue weighted by molar-refractivity contribution is 0.0528. The Hall–Kier alpha value is -2.97. The number of esters is 1. The Morgan fingerprint density at radius 3 is 3.00 bits per heavy atom. The average Bonchev–Trinajstić information content (AvgIpc) is 3.05. The molecule has 27 heavy (non-hydrogen) atoms. The number of aromatic nitrogens is 3. The maximum atomic E-state index is 13.7. The van der Waals surface area contributed by atoms with Gasteiger partial charge in [0.25, 0.3) is 0 Å². The highest BCUT2D eigenvalue weighted by atomic mass is 19.1. The van der Waals surface area contributed by atoms with Crippen LogP contribution in [-0.4, -0.2) is 57.3 Å². The van der Waals surface area contributed by atoms with E-state index < -0.39 is 12.1 Å². The highest BCUT2D eigenvalue weighted by molar-refractivity contribution is 5.95. The van der Waals surface area contributed by atoms with Gasteiger partial charge in [0.15, 0.2) is 5.65 Å². The van der Waals surface area contributed by atoms with E-state index in [0.717, 1.165) is 6.21 Å². The van der Waals surface area contributed by atoms with Gasteiger partial charge in [0, 0.05) is 37.0 Å². The number of anilines is 1. The molecule has 1 unspecified atom stereocenters. The number of aliphatic hydroxyl groups is 1. The number of halogens is 1. The van der Waals surface area contributed by atoms with Gasteiger partial charge in [-0.2, -0.15) is 5.10 Å². The first-order chi connectivity index (χ1) is 12.9. The molecule has 0 spiro atoms. The van der Waals surface area contributed by atoms with E-state index in [-0.39, 0.29) is 37.1 Å². The van der Waals surface area contributed by atoms with Crippen molar-refractivity contribution in [3.05, 3.63) is 35.5 Å². The van der Waals surface area contributed by atoms with Crippen LogP contribution in [0.3, 0.4) is 0 Å². The van der Waals surface area contributed by atoms with Crippen molar-refractivity contribution >= 4 is 23.6 Å². The molecule has 0 aromatic carbocycles. The van der Waals surface area contributed by atoms with Gasteiger partial charge in [0.2, 0.25) is 5.88 Å². The number of aliphatic imine (C=N–C) groups is 1. The lowest BCUT2D eigenvalue weighted by Gasteiger charge is -2.30. The minimum absolute atomic E-state index is 0.0122. The van der Waals surface area contributed by atoms with Crippen LogP contribution in [0.4, 0.5) is 10.2 Å². The molecule has 144 valence electrons. The highest BCUT2D eigenvalue weighted by Crippen LogP contribution is 2.24. The predicted octanol–water partition coefficient (Wildman–Crippen LogP) is 2.70. The summed E-state index contributed by atoms with van der Waals surface area (Å²) < 4.78 is 20.2. The molecule has 1 atom stereocenters. The molecule has 1 aliphatic heterocycles. The van der Waals surface area contributed by atoms with Gasteiger partial charge in [-0.3, -0.25) is 0 Å². The molecule has 1 aliphatic rings. The van der Waals surface area contributed by atoms with Crippen LogP contribution in [0.15, 0.2) is 34.9 Å². The first-order valence-electron chi connectivity index (χ1n) is 8.78. The Labute approximate surface area is 156 Å². The summed E-state index contributed by atoms with van der Waals surface area (Å²) in [6, 6.07) is 1.77. The van der Waals surface area contributed by atoms with Crippen LogP contribution < -0.4 is 4.90 Å². The monoisotopic (exact) mass is 375 g/mol. The van der Waals surface area contributed by atoms with E-state index >= 15 is 0 Å². The summed E-state index contributed by atoms with van der Waals surface area (Å²) >= 11 is 0. The summed E-state index contributed by atoms with van der Waals surface area (Å²) in [5, 5.41) is 14.1. The standard InChI is InChI=1S/C18H22FN5O3/c1-4-27-18(26)14-9-21-24-6-5-15(22-16(14)24)23(11(2)3)10-12-7-13(19)8-20-17(12)25/h5-6,8-9,11,13,25H,4,7,10H2,1-3H3. The SMILES string of the molecule is CCOC(=O)c1cnn2ccc(N(CC3=C(O)N=CC(F)C3)C(C)C)nc12. The Morgan fingerprint density at radius 1 is 1.52 bits per heavy atom. The van der Waals surface area contributed by atoms with Crippen LogP contribution in [0.25, 0.3) is 5.65 Å². The lowest BCUT2D eigenvalue weighted by atomic mass is 10.1. The minimum atomic E-state index is -1.22. The first-order valence-corrected chi connectivity index (χ1v) is 8.78. The summed E-state index contributed by atoms with van der Waals surface area (Å²) in [7, 11) is 0. The van der Waals surface area contributed by atoms with Gasteiger partial charge >= 0.3 is 5.97 Å². The van der Waals surface area contributed by atoms with Crippen molar-refractivity contribution in [1.29, 1.82) is 0 Å². The molecule has 0 amide bonds. The number of rotatable bonds is 6. The second kappa shape index (κ2) is 7.73. The molecule has 0 aliphatic carbocycles. The van der Waals surface area contributed by atoms with E-state index in [1.54, 1.807) is 19.2 Å². The van der Waals surface area contributed by atoms with Crippen LogP contribution in [0.1, 0.15) is 37.6 Å². The van der Waals surface area contributed by atoms with Gasteiger partial charge in [-0.1, -0.05) is 0 Å². The number of hydrogen-bond donors (Lipinski definition) is 1. The van der Waals surface area contributed by atoms with Crippen molar-refractivity contribution in [3.8, 4) is 0 Å². The molecule has 9 heteroatoms. The number of fused-ring (bicyclic) bond motifs is 1. The molecule has 3 rings (SSSR count). The molecule has 0 saturated carbocycles. The third-order valence-corrected chi connectivity index (χ3v) is 4.24. The Morgan fingerprint density at radius 2 is 2.30 bits per heavy atom. The average molecular weight is 375 g/mol. The molecule has 2 aromatic rings. The number of carbonyl (C=O) groups excluding carboxylic acids is 1. The van der Waals surface area contributed by atoms with Crippen molar-refractivity contribution in [1.82, 2.24) is 14.6 Å². The van der Waals surface area contributed by atoms with Crippen LogP contribution in [0.5, 0.6) is 0 Å². The largest absolute Gasteiger partial charge is 0.493 e. The van der Waals surface area contributed by atoms with E-state index in [4.69, 9.17) is 4.74 Å². The molecule has 2 aromatic heterocycles. The lowest BCUT2D eigenvalue weighted by Crippen LogP contribution is -2.35. The van der Waals surface area contributed by atoms with Crippen LogP contribution in [0.2, 0.25) is 0 Å². The molecular weight excluding hydrogens is 353 g/mol. The van der Waals surface area contributed by atoms with Gasteiger partial charge < -0.3 is 14.7 Å². The van der Waals surface area contributed by atoms with Crippen LogP contribution in [-0.2, 0) is 4.74 Å². The van der Waals surface area contributed by atoms with Crippen molar-refractivity contribution in [2.75, 3.05) is 18.1 Å². The maximum absolute atomic E-state index is 13.7. The van der Waals surface area contributed by atoms with Crippen molar-refractivity contribution in [3.63, 3.8) is 0 Å². The zero-order valence-electron chi connectivity index (χ0n) is 15.5. The molecular formula is C18H22FN5O3. The number of aliphatic hydroxyl groups excluding tert-OH is 1. The number of alkyl halides is 1. The normalized spacial score (nSPS) is 17.0. The summed E-state index contributed by atoms with van der Waals surface area (Å²) in [6.45, 7) is 6.18. The van der Waals surface area contributed by atoms with Gasteiger partial charge in [0.05, 0.1) is 12.8 Å². The van der Waals surface area contributed by atoms with Crippen molar-refractivity contribution in [2.24, 2.45) is 4.99 Å². The van der Waals surface area contributed by atoms with E-state index in [0.29, 0.717) is 17.0 Å². The second-order valence-corrected chi connectivity index (χ2v) is 6.48. The fraction of sp³-hybridized carbons (Fsp3) is 0.444. The van der Waals surface area contributed by atoms with Gasteiger partial charge in [0.1, 0.15) is 17.6 Å². The Balaban J connectivity index is 1.96. The topological polar surface area (TPSA) is 92.3 Å². The molecule has 3 heterocycles. The van der Waals surface area contributed by atoms with E-state index in [9.17, 15) is 14.3 Å². The number of hydrogen-bond acceptors (Lipinski definition) is 7. The highest BCUT2D eigenvalue weighted by Gasteiger charge is 2.23. The summed E-state index contributed by atoms with van der Waals surface area (Å²) in [5.74, 6) is -0.0727. The molecule has 0 saturated heterocycles. The summed E-state index contributed by atoms with van der Waals surface area (Å²) in [6.07, 6.45) is 3.08. The molecule has 1 N–H and O–H groups in total. The zero-order valence-corrected chi connectivity index (χ0v) is 15.5. The maximum Gasteiger partial charge on any atom is 0.343 e. The quantitative estimate of drug-likeness (QED) is 0.781. The van der Waals surface area contributed by atoms with E-state index in [1.807, 2.05) is 18.7 Å². The summed E-state index contributed by atoms with van der Waals surface area (Å²) in [5.41, 5.74) is 1.15. The number of carbonyl (C=O) groups is 1. The predicted molar refractivity (Wildman–Crippen MR) is 99.1 cm³/mol. The van der Waals surface area contributed by atoms with Crippen LogP contribution in [0, 0.1) is 0 Å². The number of nitrogens with zero attached hydrogens (tertiary/aromatic N) is 5. The first kappa shape index (κ1) is 18.8. The molecule has 0 bridgehead atoms. The molecule has 0 fully saturated rings.